The molecule has 0 amide bonds. The third kappa shape index (κ3) is 6.12. The molecule has 0 aromatic heterocycles. The van der Waals surface area contributed by atoms with Gasteiger partial charge in [0.25, 0.3) is 0 Å². The summed E-state index contributed by atoms with van der Waals surface area (Å²) in [4.78, 5) is 0. The SMILES string of the molecule is CC(C)(c1ccccc1)c1ccccc1.CC1(C)c2ccccc2-c2ccccc21.CC1CCCCC1C. The van der Waals surface area contributed by atoms with Crippen LogP contribution in [-0.4, -0.2) is 0 Å². The van der Waals surface area contributed by atoms with Crippen LogP contribution in [0.15, 0.2) is 109 Å². The first-order chi connectivity index (χ1) is 18.2. The van der Waals surface area contributed by atoms with Crippen molar-refractivity contribution in [2.75, 3.05) is 0 Å². The van der Waals surface area contributed by atoms with E-state index < -0.39 is 0 Å². The van der Waals surface area contributed by atoms with E-state index in [2.05, 4.69) is 151 Å². The Morgan fingerprint density at radius 1 is 0.526 bits per heavy atom. The Morgan fingerprint density at radius 3 is 1.24 bits per heavy atom. The molecule has 198 valence electrons. The number of rotatable bonds is 2. The predicted octanol–water partition coefficient (Wildman–Crippen LogP) is 10.8. The second-order valence-corrected chi connectivity index (χ2v) is 12.3. The summed E-state index contributed by atoms with van der Waals surface area (Å²) in [6, 6.07) is 38.7. The predicted molar refractivity (Wildman–Crippen MR) is 166 cm³/mol. The minimum absolute atomic E-state index is 0.0858. The minimum atomic E-state index is 0.0858. The molecule has 2 aliphatic rings. The molecule has 2 atom stereocenters. The largest absolute Gasteiger partial charge is 0.0623 e. The van der Waals surface area contributed by atoms with Gasteiger partial charge in [0.1, 0.15) is 0 Å². The van der Waals surface area contributed by atoms with Crippen molar-refractivity contribution in [1.82, 2.24) is 0 Å². The smallest absolute Gasteiger partial charge is 0.0158 e. The molecule has 2 unspecified atom stereocenters. The van der Waals surface area contributed by atoms with Gasteiger partial charge in [-0.05, 0) is 45.2 Å². The van der Waals surface area contributed by atoms with E-state index in [1.807, 2.05) is 0 Å². The molecular formula is C38H46. The standard InChI is InChI=1S/C15H14.C15H16.C8H16/c1-15(2)13-9-5-3-7-11(13)12-8-4-6-10-14(12)15;1-15(2,13-9-5-3-6-10-13)14-11-7-4-8-12-14;1-7-5-3-4-6-8(7)2/h3-10H,1-2H3;3-12H,1-2H3;7-8H,3-6H2,1-2H3. The summed E-state index contributed by atoms with van der Waals surface area (Å²) in [5.74, 6) is 2.01. The topological polar surface area (TPSA) is 0 Å². The highest BCUT2D eigenvalue weighted by Crippen LogP contribution is 2.48. The Hall–Kier alpha value is -3.12. The van der Waals surface area contributed by atoms with E-state index in [1.165, 1.54) is 59.1 Å². The Balaban J connectivity index is 0.000000140. The van der Waals surface area contributed by atoms with Gasteiger partial charge in [-0.25, -0.2) is 0 Å². The average molecular weight is 503 g/mol. The summed E-state index contributed by atoms with van der Waals surface area (Å²) >= 11 is 0. The maximum absolute atomic E-state index is 2.38. The normalized spacial score (nSPS) is 19.1. The molecule has 1 saturated carbocycles. The Labute approximate surface area is 232 Å². The van der Waals surface area contributed by atoms with Gasteiger partial charge in [0.2, 0.25) is 0 Å². The lowest BCUT2D eigenvalue weighted by Crippen LogP contribution is -2.18. The second-order valence-electron chi connectivity index (χ2n) is 12.3. The van der Waals surface area contributed by atoms with Crippen LogP contribution >= 0.6 is 0 Å². The third-order valence-electron chi connectivity index (χ3n) is 9.02. The molecule has 4 aromatic carbocycles. The zero-order valence-corrected chi connectivity index (χ0v) is 24.4. The van der Waals surface area contributed by atoms with Crippen LogP contribution < -0.4 is 0 Å². The fourth-order valence-electron chi connectivity index (χ4n) is 6.05. The van der Waals surface area contributed by atoms with E-state index in [0.29, 0.717) is 0 Å². The molecule has 2 aliphatic carbocycles. The summed E-state index contributed by atoms with van der Waals surface area (Å²) in [6.07, 6.45) is 5.90. The maximum Gasteiger partial charge on any atom is 0.0158 e. The highest BCUT2D eigenvalue weighted by molar-refractivity contribution is 5.80. The lowest BCUT2D eigenvalue weighted by Gasteiger charge is -2.25. The van der Waals surface area contributed by atoms with Crippen molar-refractivity contribution < 1.29 is 0 Å². The fourth-order valence-corrected chi connectivity index (χ4v) is 6.05. The Kier molecular flexibility index (Phi) is 8.93. The van der Waals surface area contributed by atoms with E-state index >= 15 is 0 Å². The van der Waals surface area contributed by atoms with Crippen LogP contribution in [0.3, 0.4) is 0 Å². The van der Waals surface area contributed by atoms with Gasteiger partial charge in [-0.2, -0.15) is 0 Å². The van der Waals surface area contributed by atoms with Crippen molar-refractivity contribution >= 4 is 0 Å². The van der Waals surface area contributed by atoms with Gasteiger partial charge in [-0.15, -0.1) is 0 Å². The fraction of sp³-hybridized carbons (Fsp3) is 0.368. The lowest BCUT2D eigenvalue weighted by atomic mass is 9.78. The molecule has 1 fully saturated rings. The molecule has 0 nitrogen and oxygen atoms in total. The van der Waals surface area contributed by atoms with Crippen LogP contribution in [-0.2, 0) is 10.8 Å². The van der Waals surface area contributed by atoms with E-state index in [1.54, 1.807) is 0 Å². The van der Waals surface area contributed by atoms with E-state index in [0.717, 1.165) is 11.8 Å². The summed E-state index contributed by atoms with van der Waals surface area (Å²) in [5, 5.41) is 0. The Bertz CT molecular complexity index is 1180. The molecule has 0 spiro atoms. The molecule has 0 aliphatic heterocycles. The van der Waals surface area contributed by atoms with Crippen LogP contribution in [0.25, 0.3) is 11.1 Å². The summed E-state index contributed by atoms with van der Waals surface area (Å²) in [6.45, 7) is 13.9. The first kappa shape index (κ1) is 27.9. The van der Waals surface area contributed by atoms with Crippen molar-refractivity contribution in [3.05, 3.63) is 131 Å². The average Bonchev–Trinajstić information content (AvgIpc) is 3.19. The number of benzene rings is 4. The van der Waals surface area contributed by atoms with Gasteiger partial charge in [0.15, 0.2) is 0 Å². The first-order valence-corrected chi connectivity index (χ1v) is 14.5. The number of hydrogen-bond acceptors (Lipinski definition) is 0. The number of hydrogen-bond donors (Lipinski definition) is 0. The van der Waals surface area contributed by atoms with Crippen LogP contribution in [0.4, 0.5) is 0 Å². The van der Waals surface area contributed by atoms with Crippen LogP contribution in [0.1, 0.15) is 89.5 Å². The van der Waals surface area contributed by atoms with Gasteiger partial charge in [0, 0.05) is 10.8 Å². The Morgan fingerprint density at radius 2 is 0.868 bits per heavy atom. The molecule has 6 rings (SSSR count). The molecule has 0 N–H and O–H groups in total. The van der Waals surface area contributed by atoms with Crippen molar-refractivity contribution in [3.63, 3.8) is 0 Å². The summed E-state index contributed by atoms with van der Waals surface area (Å²) < 4.78 is 0. The zero-order chi connectivity index (χ0) is 27.2. The highest BCUT2D eigenvalue weighted by atomic mass is 14.4. The maximum atomic E-state index is 2.38. The van der Waals surface area contributed by atoms with Crippen molar-refractivity contribution in [3.8, 4) is 11.1 Å². The quantitative estimate of drug-likeness (QED) is 0.256. The summed E-state index contributed by atoms with van der Waals surface area (Å²) in [5.41, 5.74) is 8.66. The van der Waals surface area contributed by atoms with E-state index in [9.17, 15) is 0 Å². The third-order valence-corrected chi connectivity index (χ3v) is 9.02. The van der Waals surface area contributed by atoms with Gasteiger partial charge in [-0.3, -0.25) is 0 Å². The van der Waals surface area contributed by atoms with E-state index in [-0.39, 0.29) is 10.8 Å². The van der Waals surface area contributed by atoms with Crippen molar-refractivity contribution in [2.45, 2.75) is 78.1 Å². The van der Waals surface area contributed by atoms with Crippen molar-refractivity contribution in [1.29, 1.82) is 0 Å². The highest BCUT2D eigenvalue weighted by Gasteiger charge is 2.34. The molecule has 0 radical (unpaired) electrons. The molecule has 0 heteroatoms. The summed E-state index contributed by atoms with van der Waals surface area (Å²) in [7, 11) is 0. The first-order valence-electron chi connectivity index (χ1n) is 14.5. The molecule has 0 saturated heterocycles. The monoisotopic (exact) mass is 502 g/mol. The minimum Gasteiger partial charge on any atom is -0.0623 e. The molecule has 38 heavy (non-hydrogen) atoms. The van der Waals surface area contributed by atoms with Gasteiger partial charge in [-0.1, -0.05) is 176 Å². The van der Waals surface area contributed by atoms with Crippen LogP contribution in [0.5, 0.6) is 0 Å². The van der Waals surface area contributed by atoms with Gasteiger partial charge < -0.3 is 0 Å². The second kappa shape index (κ2) is 12.2. The number of fused-ring (bicyclic) bond motifs is 3. The van der Waals surface area contributed by atoms with Gasteiger partial charge in [0.05, 0.1) is 0 Å². The lowest BCUT2D eigenvalue weighted by molar-refractivity contribution is 0.277. The molecule has 4 aromatic rings. The van der Waals surface area contributed by atoms with E-state index in [4.69, 9.17) is 0 Å². The van der Waals surface area contributed by atoms with Crippen LogP contribution in [0, 0.1) is 11.8 Å². The molecule has 0 heterocycles. The van der Waals surface area contributed by atoms with Gasteiger partial charge >= 0.3 is 0 Å². The zero-order valence-electron chi connectivity index (χ0n) is 24.4. The van der Waals surface area contributed by atoms with Crippen molar-refractivity contribution in [2.24, 2.45) is 11.8 Å². The molecular weight excluding hydrogens is 456 g/mol. The van der Waals surface area contributed by atoms with Crippen LogP contribution in [0.2, 0.25) is 0 Å². The molecule has 0 bridgehead atoms.